The Kier molecular flexibility index (Phi) is 5.36. The molecule has 0 spiro atoms. The van der Waals surface area contributed by atoms with Gasteiger partial charge in [0.2, 0.25) is 0 Å². The number of hydrogen-bond acceptors (Lipinski definition) is 4. The normalized spacial score (nSPS) is 21.1. The fraction of sp³-hybridized carbons (Fsp3) is 0.538. The highest BCUT2D eigenvalue weighted by Crippen LogP contribution is 2.29. The van der Waals surface area contributed by atoms with Crippen molar-refractivity contribution in [1.82, 2.24) is 4.90 Å². The number of nitrogen functional groups attached to an aromatic ring is 1. The van der Waals surface area contributed by atoms with Crippen molar-refractivity contribution < 1.29 is 4.74 Å². The van der Waals surface area contributed by atoms with E-state index in [1.54, 1.807) is 11.8 Å². The van der Waals surface area contributed by atoms with Crippen LogP contribution in [-0.2, 0) is 4.74 Å². The zero-order chi connectivity index (χ0) is 13.0. The third kappa shape index (κ3) is 3.88. The Bertz CT molecular complexity index is 403. The molecule has 2 N–H and O–H groups in total. The average Bonchev–Trinajstić information content (AvgIpc) is 2.40. The lowest BCUT2D eigenvalue weighted by molar-refractivity contribution is -0.0137. The zero-order valence-corrected chi connectivity index (χ0v) is 13.0. The lowest BCUT2D eigenvalue weighted by Gasteiger charge is -2.31. The van der Waals surface area contributed by atoms with Gasteiger partial charge in [-0.05, 0) is 24.7 Å². The van der Waals surface area contributed by atoms with Gasteiger partial charge in [0.05, 0.1) is 12.7 Å². The molecule has 1 fully saturated rings. The summed E-state index contributed by atoms with van der Waals surface area (Å²) in [5.74, 6) is 0.956. The van der Waals surface area contributed by atoms with Crippen molar-refractivity contribution in [1.29, 1.82) is 0 Å². The van der Waals surface area contributed by atoms with Gasteiger partial charge in [-0.1, -0.05) is 22.9 Å². The van der Waals surface area contributed by atoms with E-state index in [1.807, 2.05) is 12.1 Å². The van der Waals surface area contributed by atoms with Crippen molar-refractivity contribution >= 4 is 33.4 Å². The molecular weight excluding hydrogens is 312 g/mol. The Morgan fingerprint density at radius 3 is 3.17 bits per heavy atom. The van der Waals surface area contributed by atoms with Crippen LogP contribution in [0.15, 0.2) is 27.6 Å². The van der Waals surface area contributed by atoms with E-state index in [9.17, 15) is 0 Å². The third-order valence-electron chi connectivity index (χ3n) is 3.07. The van der Waals surface area contributed by atoms with E-state index < -0.39 is 0 Å². The van der Waals surface area contributed by atoms with Crippen molar-refractivity contribution in [2.45, 2.75) is 17.9 Å². The van der Waals surface area contributed by atoms with Crippen LogP contribution in [0.4, 0.5) is 5.69 Å². The first-order valence-electron chi connectivity index (χ1n) is 6.21. The standard InChI is InChI=1S/C13H19BrN2OS/c1-2-16-5-6-17-11(8-16)9-18-13-7-10(14)3-4-12(13)15/h3-4,7,11H,2,5-6,8-9,15H2,1H3. The van der Waals surface area contributed by atoms with E-state index in [0.29, 0.717) is 6.10 Å². The second kappa shape index (κ2) is 6.80. The zero-order valence-electron chi connectivity index (χ0n) is 10.6. The largest absolute Gasteiger partial charge is 0.398 e. The molecule has 1 aromatic carbocycles. The van der Waals surface area contributed by atoms with Gasteiger partial charge in [0.25, 0.3) is 0 Å². The van der Waals surface area contributed by atoms with E-state index in [4.69, 9.17) is 10.5 Å². The summed E-state index contributed by atoms with van der Waals surface area (Å²) in [5, 5.41) is 0. The van der Waals surface area contributed by atoms with E-state index in [0.717, 1.165) is 47.0 Å². The molecule has 0 amide bonds. The minimum absolute atomic E-state index is 0.307. The number of likely N-dealkylation sites (N-methyl/N-ethyl adjacent to an activating group) is 1. The minimum Gasteiger partial charge on any atom is -0.398 e. The number of morpholine rings is 1. The molecule has 3 nitrogen and oxygen atoms in total. The smallest absolute Gasteiger partial charge is 0.0796 e. The van der Waals surface area contributed by atoms with Crippen molar-refractivity contribution in [2.75, 3.05) is 37.7 Å². The first-order chi connectivity index (χ1) is 8.69. The van der Waals surface area contributed by atoms with Crippen molar-refractivity contribution in [3.63, 3.8) is 0 Å². The maximum absolute atomic E-state index is 5.97. The molecule has 0 aromatic heterocycles. The number of nitrogens with two attached hydrogens (primary N) is 1. The number of nitrogens with zero attached hydrogens (tertiary/aromatic N) is 1. The summed E-state index contributed by atoms with van der Waals surface area (Å²) < 4.78 is 6.86. The Labute approximate surface area is 121 Å². The average molecular weight is 331 g/mol. The maximum atomic E-state index is 5.97. The van der Waals surface area contributed by atoms with Crippen LogP contribution in [0.5, 0.6) is 0 Å². The molecule has 2 rings (SSSR count). The molecule has 5 heteroatoms. The summed E-state index contributed by atoms with van der Waals surface area (Å²) in [6, 6.07) is 5.97. The van der Waals surface area contributed by atoms with Crippen LogP contribution in [-0.4, -0.2) is 43.0 Å². The number of thioether (sulfide) groups is 1. The number of halogens is 1. The monoisotopic (exact) mass is 330 g/mol. The van der Waals surface area contributed by atoms with Gasteiger partial charge < -0.3 is 10.5 Å². The highest BCUT2D eigenvalue weighted by atomic mass is 79.9. The number of hydrogen-bond donors (Lipinski definition) is 1. The van der Waals surface area contributed by atoms with E-state index >= 15 is 0 Å². The molecule has 1 aliphatic rings. The Balaban J connectivity index is 1.89. The first kappa shape index (κ1) is 14.2. The van der Waals surface area contributed by atoms with Gasteiger partial charge >= 0.3 is 0 Å². The van der Waals surface area contributed by atoms with Gasteiger partial charge in [0, 0.05) is 33.9 Å². The van der Waals surface area contributed by atoms with Gasteiger partial charge in [0.15, 0.2) is 0 Å². The summed E-state index contributed by atoms with van der Waals surface area (Å²) in [6.07, 6.45) is 0.307. The van der Waals surface area contributed by atoms with Gasteiger partial charge in [-0.2, -0.15) is 0 Å². The summed E-state index contributed by atoms with van der Waals surface area (Å²) in [4.78, 5) is 3.56. The predicted octanol–water partition coefficient (Wildman–Crippen LogP) is 2.84. The second-order valence-corrected chi connectivity index (χ2v) is 6.36. The molecule has 0 radical (unpaired) electrons. The molecule has 0 saturated carbocycles. The highest BCUT2D eigenvalue weighted by molar-refractivity contribution is 9.10. The van der Waals surface area contributed by atoms with Gasteiger partial charge in [-0.15, -0.1) is 11.8 Å². The summed E-state index contributed by atoms with van der Waals surface area (Å²) in [7, 11) is 0. The van der Waals surface area contributed by atoms with Crippen LogP contribution in [0.2, 0.25) is 0 Å². The maximum Gasteiger partial charge on any atom is 0.0796 e. The van der Waals surface area contributed by atoms with Crippen molar-refractivity contribution in [3.8, 4) is 0 Å². The van der Waals surface area contributed by atoms with E-state index in [1.165, 1.54) is 0 Å². The highest BCUT2D eigenvalue weighted by Gasteiger charge is 2.19. The fourth-order valence-corrected chi connectivity index (χ4v) is 3.51. The molecular formula is C13H19BrN2OS. The summed E-state index contributed by atoms with van der Waals surface area (Å²) in [5.41, 5.74) is 6.80. The molecule has 100 valence electrons. The SMILES string of the molecule is CCN1CCOC(CSc2cc(Br)ccc2N)C1. The van der Waals surface area contributed by atoms with Crippen LogP contribution < -0.4 is 5.73 Å². The Morgan fingerprint density at radius 1 is 1.56 bits per heavy atom. The molecule has 1 saturated heterocycles. The Morgan fingerprint density at radius 2 is 2.39 bits per heavy atom. The van der Waals surface area contributed by atoms with Gasteiger partial charge in [-0.3, -0.25) is 4.90 Å². The molecule has 1 aliphatic heterocycles. The number of benzene rings is 1. The predicted molar refractivity (Wildman–Crippen MR) is 81.1 cm³/mol. The summed E-state index contributed by atoms with van der Waals surface area (Å²) >= 11 is 5.25. The minimum atomic E-state index is 0.307. The lowest BCUT2D eigenvalue weighted by Crippen LogP contribution is -2.43. The van der Waals surface area contributed by atoms with Crippen molar-refractivity contribution in [3.05, 3.63) is 22.7 Å². The van der Waals surface area contributed by atoms with Gasteiger partial charge in [0.1, 0.15) is 0 Å². The number of rotatable bonds is 4. The van der Waals surface area contributed by atoms with Gasteiger partial charge in [-0.25, -0.2) is 0 Å². The van der Waals surface area contributed by atoms with Crippen LogP contribution in [0.25, 0.3) is 0 Å². The Hall–Kier alpha value is -0.230. The molecule has 1 aromatic rings. The van der Waals surface area contributed by atoms with E-state index in [-0.39, 0.29) is 0 Å². The summed E-state index contributed by atoms with van der Waals surface area (Å²) in [6.45, 7) is 6.21. The third-order valence-corrected chi connectivity index (χ3v) is 4.77. The quantitative estimate of drug-likeness (QED) is 0.680. The molecule has 1 heterocycles. The fourth-order valence-electron chi connectivity index (χ4n) is 1.98. The van der Waals surface area contributed by atoms with Crippen molar-refractivity contribution in [2.24, 2.45) is 0 Å². The molecule has 1 unspecified atom stereocenters. The van der Waals surface area contributed by atoms with Crippen LogP contribution in [0.1, 0.15) is 6.92 Å². The lowest BCUT2D eigenvalue weighted by atomic mass is 10.3. The molecule has 0 aliphatic carbocycles. The van der Waals surface area contributed by atoms with Crippen LogP contribution in [0, 0.1) is 0 Å². The number of anilines is 1. The first-order valence-corrected chi connectivity index (χ1v) is 7.98. The topological polar surface area (TPSA) is 38.5 Å². The molecule has 1 atom stereocenters. The number of ether oxygens (including phenoxy) is 1. The molecule has 18 heavy (non-hydrogen) atoms. The second-order valence-electron chi connectivity index (χ2n) is 4.38. The van der Waals surface area contributed by atoms with Crippen LogP contribution >= 0.6 is 27.7 Å². The molecule has 0 bridgehead atoms. The van der Waals surface area contributed by atoms with Crippen LogP contribution in [0.3, 0.4) is 0 Å². The van der Waals surface area contributed by atoms with E-state index in [2.05, 4.69) is 33.8 Å².